The van der Waals surface area contributed by atoms with E-state index in [-0.39, 0.29) is 31.0 Å². The molecular formula is C27H28BrClN2O3. The van der Waals surface area contributed by atoms with Gasteiger partial charge in [0.15, 0.2) is 6.61 Å². The Bertz CT molecular complexity index is 1090. The number of carbonyl (C=O) groups is 2. The summed E-state index contributed by atoms with van der Waals surface area (Å²) in [5.74, 6) is -0.0860. The zero-order valence-corrected chi connectivity index (χ0v) is 21.6. The van der Waals surface area contributed by atoms with E-state index in [4.69, 9.17) is 16.3 Å². The van der Waals surface area contributed by atoms with Crippen molar-refractivity contribution in [2.45, 2.75) is 38.9 Å². The second-order valence-electron chi connectivity index (χ2n) is 8.24. The highest BCUT2D eigenvalue weighted by molar-refractivity contribution is 9.10. The van der Waals surface area contributed by atoms with Crippen molar-refractivity contribution < 1.29 is 14.3 Å². The smallest absolute Gasteiger partial charge is 0.261 e. The molecule has 0 saturated heterocycles. The molecule has 7 heteroatoms. The normalized spacial score (nSPS) is 11.7. The molecule has 0 heterocycles. The Morgan fingerprint density at radius 3 is 2.24 bits per heavy atom. The Balaban J connectivity index is 1.91. The van der Waals surface area contributed by atoms with Crippen molar-refractivity contribution in [2.75, 3.05) is 6.61 Å². The third kappa shape index (κ3) is 7.61. The van der Waals surface area contributed by atoms with Gasteiger partial charge in [0, 0.05) is 23.5 Å². The van der Waals surface area contributed by atoms with E-state index in [1.807, 2.05) is 68.4 Å². The van der Waals surface area contributed by atoms with Crippen molar-refractivity contribution in [3.63, 3.8) is 0 Å². The van der Waals surface area contributed by atoms with Crippen LogP contribution in [-0.4, -0.2) is 35.4 Å². The molecule has 1 N–H and O–H groups in total. The quantitative estimate of drug-likeness (QED) is 0.360. The monoisotopic (exact) mass is 542 g/mol. The molecule has 0 bridgehead atoms. The molecule has 0 aliphatic rings. The zero-order chi connectivity index (χ0) is 24.5. The van der Waals surface area contributed by atoms with Crippen LogP contribution in [0.1, 0.15) is 25.0 Å². The molecule has 3 aromatic carbocycles. The minimum Gasteiger partial charge on any atom is -0.482 e. The summed E-state index contributed by atoms with van der Waals surface area (Å²) < 4.78 is 6.67. The van der Waals surface area contributed by atoms with Crippen molar-refractivity contribution in [1.29, 1.82) is 0 Å². The topological polar surface area (TPSA) is 58.6 Å². The van der Waals surface area contributed by atoms with Gasteiger partial charge in [-0.2, -0.15) is 0 Å². The lowest BCUT2D eigenvalue weighted by Gasteiger charge is -2.32. The molecule has 3 rings (SSSR count). The number of carbonyl (C=O) groups excluding carboxylic acids is 2. The van der Waals surface area contributed by atoms with Gasteiger partial charge in [0.2, 0.25) is 5.91 Å². The molecule has 0 aliphatic heterocycles. The van der Waals surface area contributed by atoms with Crippen LogP contribution in [0.2, 0.25) is 5.02 Å². The van der Waals surface area contributed by atoms with Gasteiger partial charge in [-0.05, 0) is 49.2 Å². The van der Waals surface area contributed by atoms with Crippen molar-refractivity contribution in [2.24, 2.45) is 0 Å². The SMILES string of the molecule is CC(C)NC(=O)C(Cc1ccccc1)N(Cc1ccc(Br)cc1)C(=O)COc1ccccc1Cl. The van der Waals surface area contributed by atoms with E-state index in [1.54, 1.807) is 29.2 Å². The second kappa shape index (κ2) is 12.6. The second-order valence-corrected chi connectivity index (χ2v) is 9.56. The number of rotatable bonds is 10. The van der Waals surface area contributed by atoms with Crippen molar-refractivity contribution in [3.05, 3.63) is 99.5 Å². The van der Waals surface area contributed by atoms with E-state index in [1.165, 1.54) is 0 Å². The van der Waals surface area contributed by atoms with Crippen LogP contribution in [0.4, 0.5) is 0 Å². The molecule has 3 aromatic rings. The van der Waals surface area contributed by atoms with Crippen LogP contribution >= 0.6 is 27.5 Å². The minimum absolute atomic E-state index is 0.0604. The van der Waals surface area contributed by atoms with Gasteiger partial charge in [-0.25, -0.2) is 0 Å². The average Bonchev–Trinajstić information content (AvgIpc) is 2.82. The highest BCUT2D eigenvalue weighted by atomic mass is 79.9. The van der Waals surface area contributed by atoms with Crippen LogP contribution in [0.3, 0.4) is 0 Å². The summed E-state index contributed by atoms with van der Waals surface area (Å²) in [6.07, 6.45) is 0.383. The first kappa shape index (κ1) is 25.8. The summed E-state index contributed by atoms with van der Waals surface area (Å²) >= 11 is 9.64. The van der Waals surface area contributed by atoms with E-state index < -0.39 is 6.04 Å². The summed E-state index contributed by atoms with van der Waals surface area (Å²) in [6.45, 7) is 3.83. The summed E-state index contributed by atoms with van der Waals surface area (Å²) in [6, 6.07) is 23.6. The Labute approximate surface area is 214 Å². The van der Waals surface area contributed by atoms with Gasteiger partial charge in [0.25, 0.3) is 5.91 Å². The molecular weight excluding hydrogens is 516 g/mol. The van der Waals surface area contributed by atoms with Gasteiger partial charge in [-0.1, -0.05) is 82.1 Å². The van der Waals surface area contributed by atoms with Crippen LogP contribution < -0.4 is 10.1 Å². The third-order valence-electron chi connectivity index (χ3n) is 5.16. The molecule has 34 heavy (non-hydrogen) atoms. The van der Waals surface area contributed by atoms with Crippen LogP contribution in [-0.2, 0) is 22.6 Å². The molecule has 0 spiro atoms. The molecule has 0 aromatic heterocycles. The third-order valence-corrected chi connectivity index (χ3v) is 6.00. The van der Waals surface area contributed by atoms with E-state index in [2.05, 4.69) is 21.2 Å². The number of benzene rings is 3. The fraction of sp³-hybridized carbons (Fsp3) is 0.259. The first-order chi connectivity index (χ1) is 16.3. The maximum Gasteiger partial charge on any atom is 0.261 e. The largest absolute Gasteiger partial charge is 0.482 e. The first-order valence-corrected chi connectivity index (χ1v) is 12.3. The van der Waals surface area contributed by atoms with Gasteiger partial charge in [-0.3, -0.25) is 9.59 Å². The predicted octanol–water partition coefficient (Wildman–Crippen LogP) is 5.65. The molecule has 1 unspecified atom stereocenters. The van der Waals surface area contributed by atoms with Crippen LogP contribution in [0.25, 0.3) is 0 Å². The van der Waals surface area contributed by atoms with Crippen LogP contribution in [0.15, 0.2) is 83.3 Å². The summed E-state index contributed by atoms with van der Waals surface area (Å²) in [4.78, 5) is 28.4. The minimum atomic E-state index is -0.712. The summed E-state index contributed by atoms with van der Waals surface area (Å²) in [5.41, 5.74) is 1.87. The molecule has 0 radical (unpaired) electrons. The number of amides is 2. The Hall–Kier alpha value is -2.83. The van der Waals surface area contributed by atoms with E-state index >= 15 is 0 Å². The predicted molar refractivity (Wildman–Crippen MR) is 139 cm³/mol. The number of halogens is 2. The van der Waals surface area contributed by atoms with Crippen molar-refractivity contribution in [1.82, 2.24) is 10.2 Å². The molecule has 0 fully saturated rings. The van der Waals surface area contributed by atoms with Crippen LogP contribution in [0, 0.1) is 0 Å². The summed E-state index contributed by atoms with van der Waals surface area (Å²) in [5, 5.41) is 3.40. The molecule has 0 aliphatic carbocycles. The first-order valence-electron chi connectivity index (χ1n) is 11.1. The number of nitrogens with zero attached hydrogens (tertiary/aromatic N) is 1. The van der Waals surface area contributed by atoms with Crippen molar-refractivity contribution in [3.8, 4) is 5.75 Å². The highest BCUT2D eigenvalue weighted by Crippen LogP contribution is 2.24. The van der Waals surface area contributed by atoms with Crippen molar-refractivity contribution >= 4 is 39.3 Å². The molecule has 5 nitrogen and oxygen atoms in total. The Morgan fingerprint density at radius 2 is 1.59 bits per heavy atom. The lowest BCUT2D eigenvalue weighted by Crippen LogP contribution is -2.52. The van der Waals surface area contributed by atoms with Gasteiger partial charge in [0.1, 0.15) is 11.8 Å². The number of nitrogens with one attached hydrogen (secondary N) is 1. The standard InChI is InChI=1S/C27H28BrClN2O3/c1-19(2)30-27(33)24(16-20-8-4-3-5-9-20)31(17-21-12-14-22(28)15-13-21)26(32)18-34-25-11-7-6-10-23(25)29/h3-15,19,24H,16-18H2,1-2H3,(H,30,33). The Morgan fingerprint density at radius 1 is 0.941 bits per heavy atom. The highest BCUT2D eigenvalue weighted by Gasteiger charge is 2.31. The fourth-order valence-electron chi connectivity index (χ4n) is 3.51. The molecule has 178 valence electrons. The zero-order valence-electron chi connectivity index (χ0n) is 19.2. The maximum absolute atomic E-state index is 13.5. The lowest BCUT2D eigenvalue weighted by atomic mass is 10.0. The van der Waals surface area contributed by atoms with Crippen LogP contribution in [0.5, 0.6) is 5.75 Å². The number of hydrogen-bond acceptors (Lipinski definition) is 3. The van der Waals surface area contributed by atoms with Gasteiger partial charge in [-0.15, -0.1) is 0 Å². The molecule has 1 atom stereocenters. The molecule has 2 amide bonds. The Kier molecular flexibility index (Phi) is 9.54. The molecule has 0 saturated carbocycles. The van der Waals surface area contributed by atoms with E-state index in [0.717, 1.165) is 15.6 Å². The average molecular weight is 544 g/mol. The van der Waals surface area contributed by atoms with Gasteiger partial charge < -0.3 is 15.0 Å². The number of hydrogen-bond donors (Lipinski definition) is 1. The van der Waals surface area contributed by atoms with Gasteiger partial charge >= 0.3 is 0 Å². The number of ether oxygens (including phenoxy) is 1. The lowest BCUT2D eigenvalue weighted by molar-refractivity contribution is -0.143. The number of para-hydroxylation sites is 1. The van der Waals surface area contributed by atoms with E-state index in [9.17, 15) is 9.59 Å². The van der Waals surface area contributed by atoms with Gasteiger partial charge in [0.05, 0.1) is 5.02 Å². The summed E-state index contributed by atoms with van der Waals surface area (Å²) in [7, 11) is 0. The maximum atomic E-state index is 13.5. The van der Waals surface area contributed by atoms with E-state index in [0.29, 0.717) is 17.2 Å². The fourth-order valence-corrected chi connectivity index (χ4v) is 3.96.